The summed E-state index contributed by atoms with van der Waals surface area (Å²) in [6.45, 7) is 6.39. The van der Waals surface area contributed by atoms with Gasteiger partial charge in [-0.2, -0.15) is 0 Å². The highest BCUT2D eigenvalue weighted by Crippen LogP contribution is 2.17. The number of Topliss-reactive ketones (excluding diaryl/α,β-unsaturated/α-hetero) is 1. The van der Waals surface area contributed by atoms with Crippen LogP contribution in [0.2, 0.25) is 0 Å². The maximum absolute atomic E-state index is 12.6. The van der Waals surface area contributed by atoms with E-state index in [0.29, 0.717) is 6.42 Å². The lowest BCUT2D eigenvalue weighted by atomic mass is 9.97. The monoisotopic (exact) mass is 324 g/mol. The molecular weight excluding hydrogens is 300 g/mol. The van der Waals surface area contributed by atoms with Crippen molar-refractivity contribution < 1.29 is 9.53 Å². The Balaban J connectivity index is 1.65. The summed E-state index contributed by atoms with van der Waals surface area (Å²) < 4.78 is 5.39. The van der Waals surface area contributed by atoms with E-state index >= 15 is 0 Å². The van der Waals surface area contributed by atoms with Gasteiger partial charge in [0, 0.05) is 44.0 Å². The minimum absolute atomic E-state index is 0.209. The molecule has 4 heteroatoms. The SMILES string of the molecule is Cc1ccc(CN2CCOCC2)cc1C(=O)CCc1cccnc1. The molecule has 0 atom stereocenters. The molecule has 3 rings (SSSR count). The summed E-state index contributed by atoms with van der Waals surface area (Å²) in [5.74, 6) is 0.209. The number of ether oxygens (including phenoxy) is 1. The number of benzene rings is 1. The topological polar surface area (TPSA) is 42.4 Å². The molecule has 1 saturated heterocycles. The highest BCUT2D eigenvalue weighted by atomic mass is 16.5. The lowest BCUT2D eigenvalue weighted by Gasteiger charge is -2.26. The maximum atomic E-state index is 12.6. The maximum Gasteiger partial charge on any atom is 0.163 e. The molecule has 2 aromatic rings. The van der Waals surface area contributed by atoms with Crippen LogP contribution in [0.1, 0.15) is 33.5 Å². The van der Waals surface area contributed by atoms with Crippen LogP contribution in [0.15, 0.2) is 42.7 Å². The number of ketones is 1. The molecule has 2 heterocycles. The summed E-state index contributed by atoms with van der Waals surface area (Å²) in [6, 6.07) is 10.2. The average Bonchev–Trinajstić information content (AvgIpc) is 2.63. The third-order valence-electron chi connectivity index (χ3n) is 4.48. The molecule has 1 aromatic heterocycles. The van der Waals surface area contributed by atoms with Crippen molar-refractivity contribution in [3.8, 4) is 0 Å². The number of carbonyl (C=O) groups is 1. The first-order valence-electron chi connectivity index (χ1n) is 8.54. The van der Waals surface area contributed by atoms with Gasteiger partial charge in [-0.15, -0.1) is 0 Å². The zero-order valence-corrected chi connectivity index (χ0v) is 14.2. The minimum Gasteiger partial charge on any atom is -0.379 e. The van der Waals surface area contributed by atoms with Gasteiger partial charge in [0.05, 0.1) is 13.2 Å². The standard InChI is InChI=1S/C20H24N2O2/c1-16-4-5-18(15-22-9-11-24-12-10-22)13-19(16)20(23)7-6-17-3-2-8-21-14-17/h2-5,8,13-14H,6-7,9-12,15H2,1H3. The smallest absolute Gasteiger partial charge is 0.163 e. The van der Waals surface area contributed by atoms with Gasteiger partial charge in [0.15, 0.2) is 5.78 Å². The largest absolute Gasteiger partial charge is 0.379 e. The van der Waals surface area contributed by atoms with Crippen molar-refractivity contribution in [2.24, 2.45) is 0 Å². The second-order valence-corrected chi connectivity index (χ2v) is 6.32. The van der Waals surface area contributed by atoms with Crippen molar-refractivity contribution in [3.63, 3.8) is 0 Å². The first-order valence-corrected chi connectivity index (χ1v) is 8.54. The Kier molecular flexibility index (Phi) is 5.72. The number of nitrogens with zero attached hydrogens (tertiary/aromatic N) is 2. The zero-order chi connectivity index (χ0) is 16.8. The first-order chi connectivity index (χ1) is 11.7. The molecule has 0 radical (unpaired) electrons. The predicted molar refractivity (Wildman–Crippen MR) is 94.2 cm³/mol. The molecule has 24 heavy (non-hydrogen) atoms. The summed E-state index contributed by atoms with van der Waals surface area (Å²) in [5.41, 5.74) is 4.21. The van der Waals surface area contributed by atoms with Crippen LogP contribution in [0.4, 0.5) is 0 Å². The minimum atomic E-state index is 0.209. The van der Waals surface area contributed by atoms with Crippen LogP contribution in [-0.2, 0) is 17.7 Å². The van der Waals surface area contributed by atoms with Crippen LogP contribution in [0.25, 0.3) is 0 Å². The molecule has 0 amide bonds. The van der Waals surface area contributed by atoms with Crippen molar-refractivity contribution in [1.82, 2.24) is 9.88 Å². The highest BCUT2D eigenvalue weighted by molar-refractivity contribution is 5.97. The number of hydrogen-bond acceptors (Lipinski definition) is 4. The fraction of sp³-hybridized carbons (Fsp3) is 0.400. The van der Waals surface area contributed by atoms with Gasteiger partial charge >= 0.3 is 0 Å². The molecule has 126 valence electrons. The third-order valence-corrected chi connectivity index (χ3v) is 4.48. The fourth-order valence-corrected chi connectivity index (χ4v) is 3.02. The van der Waals surface area contributed by atoms with Gasteiger partial charge in [-0.1, -0.05) is 18.2 Å². The second-order valence-electron chi connectivity index (χ2n) is 6.32. The molecule has 0 spiro atoms. The summed E-state index contributed by atoms with van der Waals surface area (Å²) in [4.78, 5) is 19.1. The number of carbonyl (C=O) groups excluding carboxylic acids is 1. The van der Waals surface area contributed by atoms with Crippen LogP contribution >= 0.6 is 0 Å². The number of morpholine rings is 1. The van der Waals surface area contributed by atoms with Crippen LogP contribution < -0.4 is 0 Å². The lowest BCUT2D eigenvalue weighted by Crippen LogP contribution is -2.35. The molecule has 0 N–H and O–H groups in total. The normalized spacial score (nSPS) is 15.4. The van der Waals surface area contributed by atoms with Crippen molar-refractivity contribution >= 4 is 5.78 Å². The van der Waals surface area contributed by atoms with E-state index in [0.717, 1.165) is 56.0 Å². The molecular formula is C20H24N2O2. The van der Waals surface area contributed by atoms with Gasteiger partial charge in [-0.25, -0.2) is 0 Å². The number of pyridine rings is 1. The molecule has 1 fully saturated rings. The van der Waals surface area contributed by atoms with E-state index in [2.05, 4.69) is 28.1 Å². The average molecular weight is 324 g/mol. The Labute approximate surface area is 143 Å². The molecule has 0 saturated carbocycles. The molecule has 0 aliphatic carbocycles. The van der Waals surface area contributed by atoms with Gasteiger partial charge < -0.3 is 4.74 Å². The van der Waals surface area contributed by atoms with E-state index < -0.39 is 0 Å². The molecule has 1 aliphatic heterocycles. The number of aromatic nitrogens is 1. The van der Waals surface area contributed by atoms with Crippen LogP contribution in [0, 0.1) is 6.92 Å². The van der Waals surface area contributed by atoms with E-state index in [-0.39, 0.29) is 5.78 Å². The first kappa shape index (κ1) is 16.8. The zero-order valence-electron chi connectivity index (χ0n) is 14.2. The van der Waals surface area contributed by atoms with E-state index in [4.69, 9.17) is 4.74 Å². The Morgan fingerprint density at radius 3 is 2.79 bits per heavy atom. The van der Waals surface area contributed by atoms with E-state index in [1.54, 1.807) is 6.20 Å². The number of aryl methyl sites for hydroxylation is 2. The Morgan fingerprint density at radius 1 is 1.21 bits per heavy atom. The molecule has 1 aromatic carbocycles. The highest BCUT2D eigenvalue weighted by Gasteiger charge is 2.14. The molecule has 4 nitrogen and oxygen atoms in total. The number of hydrogen-bond donors (Lipinski definition) is 0. The number of rotatable bonds is 6. The Morgan fingerprint density at radius 2 is 2.04 bits per heavy atom. The van der Waals surface area contributed by atoms with Crippen molar-refractivity contribution in [3.05, 3.63) is 65.0 Å². The van der Waals surface area contributed by atoms with Crippen molar-refractivity contribution in [2.75, 3.05) is 26.3 Å². The van der Waals surface area contributed by atoms with Crippen molar-refractivity contribution in [2.45, 2.75) is 26.3 Å². The Hall–Kier alpha value is -2.04. The predicted octanol–water partition coefficient (Wildman–Crippen LogP) is 3.04. The fourth-order valence-electron chi connectivity index (χ4n) is 3.02. The third kappa shape index (κ3) is 4.49. The summed E-state index contributed by atoms with van der Waals surface area (Å²) in [7, 11) is 0. The van der Waals surface area contributed by atoms with Crippen LogP contribution in [0.3, 0.4) is 0 Å². The van der Waals surface area contributed by atoms with Gasteiger partial charge in [-0.3, -0.25) is 14.7 Å². The van der Waals surface area contributed by atoms with Gasteiger partial charge in [0.2, 0.25) is 0 Å². The van der Waals surface area contributed by atoms with E-state index in [1.807, 2.05) is 25.3 Å². The summed E-state index contributed by atoms with van der Waals surface area (Å²) in [6.07, 6.45) is 4.84. The molecule has 1 aliphatic rings. The molecule has 0 unspecified atom stereocenters. The lowest BCUT2D eigenvalue weighted by molar-refractivity contribution is 0.0342. The van der Waals surface area contributed by atoms with Gasteiger partial charge in [0.1, 0.15) is 0 Å². The summed E-state index contributed by atoms with van der Waals surface area (Å²) in [5, 5.41) is 0. The van der Waals surface area contributed by atoms with Crippen LogP contribution in [0.5, 0.6) is 0 Å². The van der Waals surface area contributed by atoms with Gasteiger partial charge in [-0.05, 0) is 42.2 Å². The van der Waals surface area contributed by atoms with E-state index in [1.165, 1.54) is 5.56 Å². The second kappa shape index (κ2) is 8.18. The Bertz CT molecular complexity index is 679. The van der Waals surface area contributed by atoms with E-state index in [9.17, 15) is 4.79 Å². The van der Waals surface area contributed by atoms with Crippen LogP contribution in [-0.4, -0.2) is 42.0 Å². The van der Waals surface area contributed by atoms with Crippen molar-refractivity contribution in [1.29, 1.82) is 0 Å². The van der Waals surface area contributed by atoms with Gasteiger partial charge in [0.25, 0.3) is 0 Å². The summed E-state index contributed by atoms with van der Waals surface area (Å²) >= 11 is 0. The molecule has 0 bridgehead atoms. The quantitative estimate of drug-likeness (QED) is 0.766.